The van der Waals surface area contributed by atoms with Crippen LogP contribution in [-0.4, -0.2) is 9.49 Å². The summed E-state index contributed by atoms with van der Waals surface area (Å²) >= 11 is 0. The van der Waals surface area contributed by atoms with Gasteiger partial charge in [-0.25, -0.2) is 4.57 Å². The van der Waals surface area contributed by atoms with E-state index in [-0.39, 0.29) is 10.6 Å². The molecule has 39 heavy (non-hydrogen) atoms. The summed E-state index contributed by atoms with van der Waals surface area (Å²) in [5.74, 6) is 0. The molecule has 0 unspecified atom stereocenters. The summed E-state index contributed by atoms with van der Waals surface area (Å²) in [6, 6.07) is 39.4. The SMILES string of the molecule is O=[N+]([O-])c1ccc(-n2c[n+](Cc3ccc4ccc5cccc6ccc3c4c56)c3cc4ccccc4cc32)cc1. The van der Waals surface area contributed by atoms with Crippen molar-refractivity contribution in [2.45, 2.75) is 6.54 Å². The first kappa shape index (κ1) is 21.8. The van der Waals surface area contributed by atoms with Gasteiger partial charge in [-0.05, 0) is 67.4 Å². The molecule has 0 atom stereocenters. The van der Waals surface area contributed by atoms with Crippen LogP contribution in [0.1, 0.15) is 5.56 Å². The molecule has 1 aromatic heterocycles. The molecule has 0 aliphatic heterocycles. The van der Waals surface area contributed by atoms with Crippen LogP contribution in [0.5, 0.6) is 0 Å². The molecule has 0 radical (unpaired) electrons. The summed E-state index contributed by atoms with van der Waals surface area (Å²) < 4.78 is 4.41. The first-order valence-corrected chi connectivity index (χ1v) is 13.0. The van der Waals surface area contributed by atoms with Crippen LogP contribution >= 0.6 is 0 Å². The third kappa shape index (κ3) is 3.30. The van der Waals surface area contributed by atoms with Crippen LogP contribution in [0.2, 0.25) is 0 Å². The van der Waals surface area contributed by atoms with E-state index in [1.165, 1.54) is 43.3 Å². The number of imidazole rings is 1. The minimum atomic E-state index is -0.362. The van der Waals surface area contributed by atoms with Crippen molar-refractivity contribution in [1.82, 2.24) is 4.57 Å². The van der Waals surface area contributed by atoms with E-state index < -0.39 is 0 Å². The van der Waals surface area contributed by atoms with E-state index in [1.807, 2.05) is 18.2 Å². The zero-order valence-electron chi connectivity index (χ0n) is 20.9. The molecule has 0 bridgehead atoms. The average molecular weight is 505 g/mol. The number of aromatic nitrogens is 2. The predicted octanol–water partition coefficient (Wildman–Crippen LogP) is 7.93. The maximum absolute atomic E-state index is 11.2. The van der Waals surface area contributed by atoms with Crippen molar-refractivity contribution in [2.24, 2.45) is 0 Å². The molecule has 5 nitrogen and oxygen atoms in total. The smallest absolute Gasteiger partial charge is 0.258 e. The molecule has 0 N–H and O–H groups in total. The van der Waals surface area contributed by atoms with Crippen molar-refractivity contribution in [1.29, 1.82) is 0 Å². The van der Waals surface area contributed by atoms with Gasteiger partial charge in [0.1, 0.15) is 12.2 Å². The van der Waals surface area contributed by atoms with E-state index in [9.17, 15) is 10.1 Å². The van der Waals surface area contributed by atoms with Crippen LogP contribution < -0.4 is 4.57 Å². The van der Waals surface area contributed by atoms with Crippen LogP contribution in [0.3, 0.4) is 0 Å². The van der Waals surface area contributed by atoms with Gasteiger partial charge in [-0.2, -0.15) is 4.57 Å². The lowest BCUT2D eigenvalue weighted by atomic mass is 9.92. The molecule has 184 valence electrons. The zero-order chi connectivity index (χ0) is 26.1. The molecule has 0 amide bonds. The quantitative estimate of drug-likeness (QED) is 0.106. The van der Waals surface area contributed by atoms with E-state index in [1.54, 1.807) is 12.1 Å². The van der Waals surface area contributed by atoms with Crippen molar-refractivity contribution < 1.29 is 9.49 Å². The lowest BCUT2D eigenvalue weighted by Crippen LogP contribution is -2.32. The first-order chi connectivity index (χ1) is 19.1. The molecule has 0 aliphatic rings. The minimum Gasteiger partial charge on any atom is -0.258 e. The Hall–Kier alpha value is -5.29. The second kappa shape index (κ2) is 8.10. The Balaban J connectivity index is 1.35. The fraction of sp³-hybridized carbons (Fsp3) is 0.0294. The number of fused-ring (bicyclic) bond motifs is 2. The molecule has 0 spiro atoms. The van der Waals surface area contributed by atoms with Gasteiger partial charge in [0.25, 0.3) is 5.69 Å². The molecule has 5 heteroatoms. The number of nitro benzene ring substituents is 1. The van der Waals surface area contributed by atoms with Gasteiger partial charge < -0.3 is 0 Å². The lowest BCUT2D eigenvalue weighted by Gasteiger charge is -2.13. The summed E-state index contributed by atoms with van der Waals surface area (Å²) in [5, 5.41) is 21.2. The highest BCUT2D eigenvalue weighted by Crippen LogP contribution is 2.36. The fourth-order valence-corrected chi connectivity index (χ4v) is 6.09. The maximum Gasteiger partial charge on any atom is 0.269 e. The molecule has 7 aromatic carbocycles. The summed E-state index contributed by atoms with van der Waals surface area (Å²) in [5.41, 5.74) is 4.39. The Bertz CT molecular complexity index is 2210. The summed E-state index contributed by atoms with van der Waals surface area (Å²) in [7, 11) is 0. The molecule has 0 fully saturated rings. The van der Waals surface area contributed by atoms with Crippen molar-refractivity contribution in [3.05, 3.63) is 137 Å². The van der Waals surface area contributed by atoms with E-state index in [0.717, 1.165) is 22.1 Å². The van der Waals surface area contributed by atoms with Gasteiger partial charge in [-0.3, -0.25) is 10.1 Å². The number of hydrogen-bond donors (Lipinski definition) is 0. The number of non-ortho nitro benzene ring substituents is 1. The van der Waals surface area contributed by atoms with Gasteiger partial charge in [0.05, 0.1) is 4.92 Å². The Labute approximate surface area is 223 Å². The molecule has 0 saturated carbocycles. The number of hydrogen-bond acceptors (Lipinski definition) is 2. The van der Waals surface area contributed by atoms with Gasteiger partial charge in [0, 0.05) is 17.7 Å². The van der Waals surface area contributed by atoms with Gasteiger partial charge in [-0.1, -0.05) is 78.9 Å². The van der Waals surface area contributed by atoms with E-state index in [2.05, 4.69) is 100 Å². The van der Waals surface area contributed by atoms with Crippen molar-refractivity contribution >= 4 is 59.8 Å². The number of rotatable bonds is 4. The summed E-state index contributed by atoms with van der Waals surface area (Å²) in [6.07, 6.45) is 2.11. The summed E-state index contributed by atoms with van der Waals surface area (Å²) in [6.45, 7) is 0.697. The van der Waals surface area contributed by atoms with Crippen LogP contribution in [-0.2, 0) is 6.54 Å². The topological polar surface area (TPSA) is 52.0 Å². The third-order valence-electron chi connectivity index (χ3n) is 7.97. The largest absolute Gasteiger partial charge is 0.269 e. The minimum absolute atomic E-state index is 0.0854. The Kier molecular flexibility index (Phi) is 4.52. The van der Waals surface area contributed by atoms with Crippen LogP contribution in [0, 0.1) is 10.1 Å². The van der Waals surface area contributed by atoms with Crippen molar-refractivity contribution in [3.63, 3.8) is 0 Å². The third-order valence-corrected chi connectivity index (χ3v) is 7.97. The molecule has 1 heterocycles. The zero-order valence-corrected chi connectivity index (χ0v) is 20.9. The Morgan fingerprint density at radius 1 is 0.667 bits per heavy atom. The Morgan fingerprint density at radius 3 is 2.05 bits per heavy atom. The second-order valence-corrected chi connectivity index (χ2v) is 10.2. The highest BCUT2D eigenvalue weighted by molar-refractivity contribution is 6.23. The highest BCUT2D eigenvalue weighted by atomic mass is 16.6. The van der Waals surface area contributed by atoms with Crippen molar-refractivity contribution in [2.75, 3.05) is 0 Å². The maximum atomic E-state index is 11.2. The Morgan fingerprint density at radius 2 is 1.31 bits per heavy atom. The normalized spacial score (nSPS) is 11.9. The molecule has 0 aliphatic carbocycles. The summed E-state index contributed by atoms with van der Waals surface area (Å²) in [4.78, 5) is 10.9. The van der Waals surface area contributed by atoms with Gasteiger partial charge in [0.2, 0.25) is 6.33 Å². The van der Waals surface area contributed by atoms with Gasteiger partial charge in [0.15, 0.2) is 11.0 Å². The standard InChI is InChI=1S/C34H22N3O2/c38-37(39)29-15-13-28(14-16-29)36-21-35(31-18-25-4-1-2-5-26(25)19-32(31)36)20-27-11-10-24-9-8-22-6-3-7-23-12-17-30(27)34(24)33(22)23/h1-19,21H,20H2/q+1. The van der Waals surface area contributed by atoms with Gasteiger partial charge in [-0.15, -0.1) is 0 Å². The number of nitro groups is 1. The molecule has 8 rings (SSSR count). The van der Waals surface area contributed by atoms with E-state index in [4.69, 9.17) is 0 Å². The molecular formula is C34H22N3O2+. The van der Waals surface area contributed by atoms with Crippen LogP contribution in [0.4, 0.5) is 5.69 Å². The second-order valence-electron chi connectivity index (χ2n) is 10.2. The number of benzene rings is 7. The monoisotopic (exact) mass is 504 g/mol. The molecular weight excluding hydrogens is 482 g/mol. The number of nitrogens with zero attached hydrogens (tertiary/aromatic N) is 3. The lowest BCUT2D eigenvalue weighted by molar-refractivity contribution is -0.662. The molecule has 8 aromatic rings. The van der Waals surface area contributed by atoms with E-state index in [0.29, 0.717) is 6.54 Å². The molecule has 0 saturated heterocycles. The highest BCUT2D eigenvalue weighted by Gasteiger charge is 2.21. The average Bonchev–Trinajstić information content (AvgIpc) is 3.32. The van der Waals surface area contributed by atoms with Gasteiger partial charge >= 0.3 is 0 Å². The van der Waals surface area contributed by atoms with Crippen molar-refractivity contribution in [3.8, 4) is 5.69 Å². The van der Waals surface area contributed by atoms with Crippen LogP contribution in [0.25, 0.3) is 59.8 Å². The fourth-order valence-electron chi connectivity index (χ4n) is 6.09. The predicted molar refractivity (Wildman–Crippen MR) is 157 cm³/mol. The van der Waals surface area contributed by atoms with E-state index >= 15 is 0 Å². The first-order valence-electron chi connectivity index (χ1n) is 13.0. The van der Waals surface area contributed by atoms with Crippen LogP contribution in [0.15, 0.2) is 122 Å².